The summed E-state index contributed by atoms with van der Waals surface area (Å²) in [6.07, 6.45) is 5.01. The topological polar surface area (TPSA) is 85.7 Å². The maximum absolute atomic E-state index is 9.81. The molecule has 0 amide bonds. The average molecular weight is 256 g/mol. The van der Waals surface area contributed by atoms with Gasteiger partial charge >= 0.3 is 0 Å². The predicted molar refractivity (Wildman–Crippen MR) is 71.1 cm³/mol. The van der Waals surface area contributed by atoms with Crippen molar-refractivity contribution in [3.05, 3.63) is 36.8 Å². The molecule has 6 heteroatoms. The van der Waals surface area contributed by atoms with E-state index in [1.165, 1.54) is 7.11 Å². The number of anilines is 1. The minimum absolute atomic E-state index is 0.0505. The van der Waals surface area contributed by atoms with Crippen LogP contribution in [0.2, 0.25) is 0 Å². The number of aromatic nitrogens is 3. The number of benzene rings is 1. The first-order valence-corrected chi connectivity index (χ1v) is 5.65. The van der Waals surface area contributed by atoms with Gasteiger partial charge < -0.3 is 15.6 Å². The number of ether oxygens (including phenoxy) is 1. The fourth-order valence-corrected chi connectivity index (χ4v) is 1.98. The van der Waals surface area contributed by atoms with Crippen LogP contribution in [0, 0.1) is 0 Å². The van der Waals surface area contributed by atoms with Gasteiger partial charge in [-0.2, -0.15) is 0 Å². The Balaban J connectivity index is 2.19. The molecule has 0 bridgehead atoms. The standard InChI is InChI=1S/C13H12N4O2/c1-19-10-3-2-8(6-9(10)18)12-13(14)17-5-4-15-7-11(17)16-12/h2-7,18H,14H2,1H3. The normalized spacial score (nSPS) is 10.8. The van der Waals surface area contributed by atoms with Crippen molar-refractivity contribution < 1.29 is 9.84 Å². The molecule has 3 rings (SSSR count). The number of rotatable bonds is 2. The van der Waals surface area contributed by atoms with Crippen LogP contribution >= 0.6 is 0 Å². The fraction of sp³-hybridized carbons (Fsp3) is 0.0769. The second-order valence-corrected chi connectivity index (χ2v) is 4.04. The first-order chi connectivity index (χ1) is 9.20. The summed E-state index contributed by atoms with van der Waals surface area (Å²) >= 11 is 0. The maximum Gasteiger partial charge on any atom is 0.160 e. The zero-order chi connectivity index (χ0) is 13.4. The summed E-state index contributed by atoms with van der Waals surface area (Å²) in [5, 5.41) is 9.81. The summed E-state index contributed by atoms with van der Waals surface area (Å²) in [4.78, 5) is 8.40. The van der Waals surface area contributed by atoms with Crippen molar-refractivity contribution in [3.63, 3.8) is 0 Å². The van der Waals surface area contributed by atoms with Crippen molar-refractivity contribution in [3.8, 4) is 22.8 Å². The van der Waals surface area contributed by atoms with Crippen molar-refractivity contribution in [2.75, 3.05) is 12.8 Å². The number of fused-ring (bicyclic) bond motifs is 1. The van der Waals surface area contributed by atoms with Crippen molar-refractivity contribution >= 4 is 11.5 Å². The fourth-order valence-electron chi connectivity index (χ4n) is 1.98. The van der Waals surface area contributed by atoms with Crippen LogP contribution < -0.4 is 10.5 Å². The van der Waals surface area contributed by atoms with Gasteiger partial charge in [-0.05, 0) is 18.2 Å². The molecule has 0 radical (unpaired) electrons. The molecule has 0 spiro atoms. The molecule has 3 aromatic rings. The third-order valence-corrected chi connectivity index (χ3v) is 2.92. The molecular formula is C13H12N4O2. The van der Waals surface area contributed by atoms with Gasteiger partial charge in [0.1, 0.15) is 11.5 Å². The van der Waals surface area contributed by atoms with Crippen molar-refractivity contribution in [2.24, 2.45) is 0 Å². The second kappa shape index (κ2) is 4.16. The van der Waals surface area contributed by atoms with Crippen LogP contribution in [0.5, 0.6) is 11.5 Å². The molecule has 6 nitrogen and oxygen atoms in total. The Morgan fingerprint density at radius 3 is 2.89 bits per heavy atom. The number of methoxy groups -OCH3 is 1. The molecule has 2 heterocycles. The van der Waals surface area contributed by atoms with E-state index in [0.29, 0.717) is 22.9 Å². The van der Waals surface area contributed by atoms with Gasteiger partial charge in [-0.15, -0.1) is 0 Å². The Kier molecular flexibility index (Phi) is 2.49. The van der Waals surface area contributed by atoms with Crippen LogP contribution in [0.15, 0.2) is 36.8 Å². The smallest absolute Gasteiger partial charge is 0.160 e. The second-order valence-electron chi connectivity index (χ2n) is 4.04. The summed E-state index contributed by atoms with van der Waals surface area (Å²) in [6, 6.07) is 5.04. The molecule has 0 unspecified atom stereocenters. The van der Waals surface area contributed by atoms with Gasteiger partial charge in [0, 0.05) is 18.0 Å². The largest absolute Gasteiger partial charge is 0.504 e. The molecule has 96 valence electrons. The third-order valence-electron chi connectivity index (χ3n) is 2.92. The van der Waals surface area contributed by atoms with E-state index in [4.69, 9.17) is 10.5 Å². The van der Waals surface area contributed by atoms with Crippen LogP contribution in [-0.4, -0.2) is 26.6 Å². The number of phenols is 1. The first kappa shape index (κ1) is 11.3. The molecule has 1 aromatic carbocycles. The highest BCUT2D eigenvalue weighted by atomic mass is 16.5. The summed E-state index contributed by atoms with van der Waals surface area (Å²) in [5.41, 5.74) is 8.03. The van der Waals surface area contributed by atoms with Gasteiger partial charge in [0.15, 0.2) is 17.1 Å². The zero-order valence-corrected chi connectivity index (χ0v) is 10.2. The Morgan fingerprint density at radius 1 is 1.37 bits per heavy atom. The van der Waals surface area contributed by atoms with Crippen molar-refractivity contribution in [1.29, 1.82) is 0 Å². The highest BCUT2D eigenvalue weighted by Gasteiger charge is 2.13. The molecule has 2 aromatic heterocycles. The van der Waals surface area contributed by atoms with Gasteiger partial charge in [0.05, 0.1) is 13.3 Å². The zero-order valence-electron chi connectivity index (χ0n) is 10.2. The van der Waals surface area contributed by atoms with E-state index in [9.17, 15) is 5.11 Å². The summed E-state index contributed by atoms with van der Waals surface area (Å²) in [7, 11) is 1.50. The SMILES string of the molecule is COc1ccc(-c2nc3cnccn3c2N)cc1O. The molecular weight excluding hydrogens is 244 g/mol. The highest BCUT2D eigenvalue weighted by Crippen LogP contribution is 2.33. The summed E-state index contributed by atoms with van der Waals surface area (Å²) in [5.74, 6) is 0.962. The summed E-state index contributed by atoms with van der Waals surface area (Å²) < 4.78 is 6.75. The monoisotopic (exact) mass is 256 g/mol. The third kappa shape index (κ3) is 1.74. The number of nitrogens with zero attached hydrogens (tertiary/aromatic N) is 3. The van der Waals surface area contributed by atoms with E-state index in [1.54, 1.807) is 41.2 Å². The number of hydrogen-bond donors (Lipinski definition) is 2. The molecule has 0 aliphatic heterocycles. The van der Waals surface area contributed by atoms with Crippen LogP contribution in [0.3, 0.4) is 0 Å². The number of nitrogens with two attached hydrogens (primary N) is 1. The quantitative estimate of drug-likeness (QED) is 0.728. The Labute approximate surface area is 109 Å². The lowest BCUT2D eigenvalue weighted by molar-refractivity contribution is 0.373. The number of hydrogen-bond acceptors (Lipinski definition) is 5. The lowest BCUT2D eigenvalue weighted by atomic mass is 10.1. The van der Waals surface area contributed by atoms with Crippen LogP contribution in [-0.2, 0) is 0 Å². The predicted octanol–water partition coefficient (Wildman–Crippen LogP) is 1.69. The van der Waals surface area contributed by atoms with Crippen molar-refractivity contribution in [2.45, 2.75) is 0 Å². The van der Waals surface area contributed by atoms with E-state index in [2.05, 4.69) is 9.97 Å². The molecule has 0 atom stereocenters. The molecule has 0 saturated carbocycles. The minimum atomic E-state index is 0.0505. The number of nitrogen functional groups attached to an aromatic ring is 1. The lowest BCUT2D eigenvalue weighted by Crippen LogP contribution is -1.94. The van der Waals surface area contributed by atoms with Gasteiger partial charge in [-0.25, -0.2) is 4.98 Å². The molecule has 0 aliphatic rings. The molecule has 0 saturated heterocycles. The van der Waals surface area contributed by atoms with Gasteiger partial charge in [-0.3, -0.25) is 9.38 Å². The average Bonchev–Trinajstić information content (AvgIpc) is 2.77. The van der Waals surface area contributed by atoms with E-state index in [-0.39, 0.29) is 5.75 Å². The van der Waals surface area contributed by atoms with E-state index in [0.717, 1.165) is 5.56 Å². The van der Waals surface area contributed by atoms with Crippen LogP contribution in [0.1, 0.15) is 0 Å². The maximum atomic E-state index is 9.81. The number of phenolic OH excluding ortho intramolecular Hbond substituents is 1. The van der Waals surface area contributed by atoms with Crippen molar-refractivity contribution in [1.82, 2.24) is 14.4 Å². The van der Waals surface area contributed by atoms with Gasteiger partial charge in [0.25, 0.3) is 0 Å². The molecule has 0 fully saturated rings. The number of aromatic hydroxyl groups is 1. The molecule has 0 aliphatic carbocycles. The Bertz CT molecular complexity index is 751. The Morgan fingerprint density at radius 2 is 2.21 bits per heavy atom. The van der Waals surface area contributed by atoms with Crippen LogP contribution in [0.4, 0.5) is 5.82 Å². The Hall–Kier alpha value is -2.76. The molecule has 3 N–H and O–H groups in total. The molecule has 19 heavy (non-hydrogen) atoms. The lowest BCUT2D eigenvalue weighted by Gasteiger charge is -2.05. The minimum Gasteiger partial charge on any atom is -0.504 e. The van der Waals surface area contributed by atoms with Gasteiger partial charge in [-0.1, -0.05) is 0 Å². The summed E-state index contributed by atoms with van der Waals surface area (Å²) in [6.45, 7) is 0. The van der Waals surface area contributed by atoms with E-state index in [1.807, 2.05) is 0 Å². The van der Waals surface area contributed by atoms with Gasteiger partial charge in [0.2, 0.25) is 0 Å². The first-order valence-electron chi connectivity index (χ1n) is 5.65. The number of imidazole rings is 1. The van der Waals surface area contributed by atoms with Crippen LogP contribution in [0.25, 0.3) is 16.9 Å². The highest BCUT2D eigenvalue weighted by molar-refractivity contribution is 5.76. The van der Waals surface area contributed by atoms with E-state index >= 15 is 0 Å². The van der Waals surface area contributed by atoms with E-state index < -0.39 is 0 Å².